The summed E-state index contributed by atoms with van der Waals surface area (Å²) in [5.41, 5.74) is 0. The van der Waals surface area contributed by atoms with Gasteiger partial charge in [-0.1, -0.05) is 33.6 Å². The summed E-state index contributed by atoms with van der Waals surface area (Å²) in [4.78, 5) is 28.3. The highest BCUT2D eigenvalue weighted by atomic mass is 16.2. The summed E-state index contributed by atoms with van der Waals surface area (Å²) in [6.45, 7) is 10.9. The number of amides is 2. The third kappa shape index (κ3) is 6.50. The Morgan fingerprint density at radius 3 is 2.17 bits per heavy atom. The highest BCUT2D eigenvalue weighted by molar-refractivity contribution is 5.82. The minimum Gasteiger partial charge on any atom is -0.341 e. The number of unbranched alkanes of at least 4 members (excludes halogenated alkanes) is 1. The Morgan fingerprint density at radius 1 is 1.00 bits per heavy atom. The molecule has 0 aromatic heterocycles. The Kier molecular flexibility index (Phi) is 9.22. The fraction of sp³-hybridized carbons (Fsp3) is 0.889. The van der Waals surface area contributed by atoms with E-state index in [1.807, 2.05) is 9.80 Å². The zero-order valence-electron chi connectivity index (χ0n) is 15.4. The first kappa shape index (κ1) is 19.9. The van der Waals surface area contributed by atoms with E-state index in [0.29, 0.717) is 19.1 Å². The Bertz CT molecular complexity index is 369. The Hall–Kier alpha value is -1.10. The van der Waals surface area contributed by atoms with Crippen molar-refractivity contribution in [3.05, 3.63) is 0 Å². The highest BCUT2D eigenvalue weighted by Gasteiger charge is 2.27. The van der Waals surface area contributed by atoms with Crippen LogP contribution in [0.15, 0.2) is 0 Å². The molecule has 0 spiro atoms. The van der Waals surface area contributed by atoms with Crippen molar-refractivity contribution in [2.24, 2.45) is 0 Å². The molecule has 134 valence electrons. The van der Waals surface area contributed by atoms with Gasteiger partial charge in [0.15, 0.2) is 0 Å². The van der Waals surface area contributed by atoms with E-state index in [1.54, 1.807) is 6.92 Å². The quantitative estimate of drug-likeness (QED) is 0.745. The summed E-state index contributed by atoms with van der Waals surface area (Å²) in [5.74, 6) is 0.327. The van der Waals surface area contributed by atoms with Gasteiger partial charge in [-0.05, 0) is 25.7 Å². The third-order valence-electron chi connectivity index (χ3n) is 4.82. The van der Waals surface area contributed by atoms with E-state index >= 15 is 0 Å². The number of hydrogen-bond acceptors (Lipinski definition) is 3. The summed E-state index contributed by atoms with van der Waals surface area (Å²) in [6.07, 6.45) is 6.04. The number of rotatable bonds is 8. The summed E-state index contributed by atoms with van der Waals surface area (Å²) >= 11 is 0. The van der Waals surface area contributed by atoms with Crippen molar-refractivity contribution in [3.63, 3.8) is 0 Å². The number of nitrogens with zero attached hydrogens (tertiary/aromatic N) is 2. The normalized spacial score (nSPS) is 17.3. The summed E-state index contributed by atoms with van der Waals surface area (Å²) in [6, 6.07) is 0.324. The maximum atomic E-state index is 13.0. The van der Waals surface area contributed by atoms with Crippen LogP contribution in [0.3, 0.4) is 0 Å². The van der Waals surface area contributed by atoms with Gasteiger partial charge < -0.3 is 15.1 Å². The lowest BCUT2D eigenvalue weighted by atomic mass is 10.0. The molecule has 1 fully saturated rings. The number of nitrogens with one attached hydrogen (secondary N) is 1. The van der Waals surface area contributed by atoms with Crippen molar-refractivity contribution in [2.45, 2.75) is 78.3 Å². The van der Waals surface area contributed by atoms with Gasteiger partial charge in [0.05, 0.1) is 6.04 Å². The molecule has 23 heavy (non-hydrogen) atoms. The average Bonchev–Trinajstić information content (AvgIpc) is 2.81. The number of hydrogen-bond donors (Lipinski definition) is 1. The van der Waals surface area contributed by atoms with Gasteiger partial charge in [-0.15, -0.1) is 0 Å². The van der Waals surface area contributed by atoms with E-state index in [0.717, 1.165) is 51.6 Å². The molecule has 0 aromatic rings. The molecule has 1 atom stereocenters. The summed E-state index contributed by atoms with van der Waals surface area (Å²) < 4.78 is 0. The first-order valence-electron chi connectivity index (χ1n) is 9.33. The summed E-state index contributed by atoms with van der Waals surface area (Å²) in [5, 5.41) is 3.57. The Balaban J connectivity index is 2.68. The monoisotopic (exact) mass is 325 g/mol. The van der Waals surface area contributed by atoms with Crippen LogP contribution < -0.4 is 5.32 Å². The minimum atomic E-state index is -0.0799. The van der Waals surface area contributed by atoms with E-state index in [2.05, 4.69) is 26.1 Å². The first-order chi connectivity index (χ1) is 11.0. The van der Waals surface area contributed by atoms with Crippen LogP contribution in [-0.4, -0.2) is 59.9 Å². The zero-order valence-corrected chi connectivity index (χ0v) is 15.4. The second kappa shape index (κ2) is 10.6. The van der Waals surface area contributed by atoms with Gasteiger partial charge in [0.1, 0.15) is 0 Å². The molecule has 0 aromatic carbocycles. The number of carbonyl (C=O) groups excluding carboxylic acids is 2. The molecule has 1 N–H and O–H groups in total. The lowest BCUT2D eigenvalue weighted by molar-refractivity contribution is -0.134. The van der Waals surface area contributed by atoms with E-state index in [9.17, 15) is 9.59 Å². The first-order valence-corrected chi connectivity index (χ1v) is 9.33. The highest BCUT2D eigenvalue weighted by Crippen LogP contribution is 2.11. The summed E-state index contributed by atoms with van der Waals surface area (Å²) in [7, 11) is 0. The third-order valence-corrected chi connectivity index (χ3v) is 4.82. The van der Waals surface area contributed by atoms with Crippen LogP contribution in [0.2, 0.25) is 0 Å². The fourth-order valence-corrected chi connectivity index (χ4v) is 3.17. The van der Waals surface area contributed by atoms with Crippen LogP contribution in [0, 0.1) is 0 Å². The van der Waals surface area contributed by atoms with E-state index in [4.69, 9.17) is 0 Å². The maximum Gasteiger partial charge on any atom is 0.239 e. The molecular weight excluding hydrogens is 290 g/mol. The van der Waals surface area contributed by atoms with Gasteiger partial charge >= 0.3 is 0 Å². The van der Waals surface area contributed by atoms with Crippen LogP contribution in [0.25, 0.3) is 0 Å². The molecule has 0 aliphatic carbocycles. The minimum absolute atomic E-state index is 0.0799. The van der Waals surface area contributed by atoms with Crippen molar-refractivity contribution < 1.29 is 9.59 Å². The molecule has 0 saturated carbocycles. The molecule has 0 bridgehead atoms. The second-order valence-corrected chi connectivity index (χ2v) is 6.56. The molecule has 0 radical (unpaired) electrons. The van der Waals surface area contributed by atoms with Crippen molar-refractivity contribution in [1.82, 2.24) is 15.1 Å². The van der Waals surface area contributed by atoms with Gasteiger partial charge in [-0.3, -0.25) is 9.59 Å². The molecule has 1 rings (SSSR count). The smallest absolute Gasteiger partial charge is 0.239 e. The lowest BCUT2D eigenvalue weighted by Gasteiger charge is -2.29. The van der Waals surface area contributed by atoms with E-state index < -0.39 is 0 Å². The van der Waals surface area contributed by atoms with Crippen molar-refractivity contribution >= 4 is 11.8 Å². The predicted octanol–water partition coefficient (Wildman–Crippen LogP) is 2.40. The maximum absolute atomic E-state index is 13.0. The molecular formula is C18H35N3O2. The number of carbonyl (C=O) groups is 2. The van der Waals surface area contributed by atoms with E-state index in [1.165, 1.54) is 0 Å². The molecule has 1 heterocycles. The lowest BCUT2D eigenvalue weighted by Crippen LogP contribution is -2.50. The predicted molar refractivity (Wildman–Crippen MR) is 94.3 cm³/mol. The van der Waals surface area contributed by atoms with Crippen LogP contribution in [0.1, 0.15) is 66.2 Å². The molecule has 1 aliphatic heterocycles. The van der Waals surface area contributed by atoms with Gasteiger partial charge in [-0.25, -0.2) is 0 Å². The molecule has 5 nitrogen and oxygen atoms in total. The molecule has 1 aliphatic rings. The van der Waals surface area contributed by atoms with Crippen LogP contribution in [0.4, 0.5) is 0 Å². The second-order valence-electron chi connectivity index (χ2n) is 6.56. The fourth-order valence-electron chi connectivity index (χ4n) is 3.17. The zero-order chi connectivity index (χ0) is 17.2. The van der Waals surface area contributed by atoms with Crippen LogP contribution in [-0.2, 0) is 9.59 Å². The van der Waals surface area contributed by atoms with Crippen molar-refractivity contribution in [1.29, 1.82) is 0 Å². The van der Waals surface area contributed by atoms with Gasteiger partial charge in [0.2, 0.25) is 11.8 Å². The standard InChI is InChI=1S/C18H35N3O2/c1-5-8-10-17(19-16(6-2)7-3)18(23)21-12-9-11-20(13-14-21)15(4)22/h16-17,19H,5-14H2,1-4H3. The van der Waals surface area contributed by atoms with Crippen LogP contribution >= 0.6 is 0 Å². The van der Waals surface area contributed by atoms with Gasteiger partial charge in [0, 0.05) is 39.1 Å². The van der Waals surface area contributed by atoms with Gasteiger partial charge in [-0.2, -0.15) is 0 Å². The van der Waals surface area contributed by atoms with Crippen molar-refractivity contribution in [2.75, 3.05) is 26.2 Å². The van der Waals surface area contributed by atoms with Gasteiger partial charge in [0.25, 0.3) is 0 Å². The topological polar surface area (TPSA) is 52.7 Å². The molecule has 1 saturated heterocycles. The van der Waals surface area contributed by atoms with E-state index in [-0.39, 0.29) is 17.9 Å². The Labute approximate surface area is 141 Å². The molecule has 2 amide bonds. The SMILES string of the molecule is CCCCC(NC(CC)CC)C(=O)N1CCCN(C(C)=O)CC1. The van der Waals surface area contributed by atoms with Crippen molar-refractivity contribution in [3.8, 4) is 0 Å². The van der Waals surface area contributed by atoms with Crippen LogP contribution in [0.5, 0.6) is 0 Å². The largest absolute Gasteiger partial charge is 0.341 e. The average molecular weight is 325 g/mol. The molecule has 5 heteroatoms. The Morgan fingerprint density at radius 2 is 1.61 bits per heavy atom. The molecule has 1 unspecified atom stereocenters.